The summed E-state index contributed by atoms with van der Waals surface area (Å²) in [6, 6.07) is 6.82. The third-order valence-electron chi connectivity index (χ3n) is 3.17. The number of pyridine rings is 1. The predicted octanol–water partition coefficient (Wildman–Crippen LogP) is 2.92. The number of hydrogen-bond donors (Lipinski definition) is 2. The van der Waals surface area contributed by atoms with Gasteiger partial charge in [-0.15, -0.1) is 0 Å². The fourth-order valence-corrected chi connectivity index (χ4v) is 2.63. The van der Waals surface area contributed by atoms with Crippen molar-refractivity contribution in [2.24, 2.45) is 5.14 Å². The topological polar surface area (TPSA) is 85.1 Å². The number of nitrogens with one attached hydrogen (secondary N) is 1. The first-order valence-electron chi connectivity index (χ1n) is 6.50. The van der Waals surface area contributed by atoms with Crippen LogP contribution in [-0.4, -0.2) is 13.4 Å². The highest BCUT2D eigenvalue weighted by Gasteiger charge is 2.30. The molecule has 0 aliphatic carbocycles. The van der Waals surface area contributed by atoms with E-state index in [0.717, 1.165) is 12.1 Å². The Balaban J connectivity index is 2.25. The lowest BCUT2D eigenvalue weighted by Crippen LogP contribution is -2.17. The molecule has 23 heavy (non-hydrogen) atoms. The zero-order valence-corrected chi connectivity index (χ0v) is 12.8. The van der Waals surface area contributed by atoms with Crippen LogP contribution in [0, 0.1) is 0 Å². The molecule has 0 amide bonds. The lowest BCUT2D eigenvalue weighted by atomic mass is 10.1. The zero-order chi connectivity index (χ0) is 17.3. The molecule has 0 saturated heterocycles. The van der Waals surface area contributed by atoms with E-state index in [1.54, 1.807) is 6.92 Å². The monoisotopic (exact) mass is 345 g/mol. The second kappa shape index (κ2) is 6.17. The van der Waals surface area contributed by atoms with Crippen LogP contribution in [0.5, 0.6) is 0 Å². The van der Waals surface area contributed by atoms with Crippen LogP contribution in [0.25, 0.3) is 0 Å². The molecule has 1 heterocycles. The summed E-state index contributed by atoms with van der Waals surface area (Å²) in [4.78, 5) is 3.74. The predicted molar refractivity (Wildman–Crippen MR) is 79.1 cm³/mol. The van der Waals surface area contributed by atoms with Crippen molar-refractivity contribution in [2.45, 2.75) is 24.0 Å². The molecule has 1 aromatic heterocycles. The normalized spacial score (nSPS) is 13.6. The first kappa shape index (κ1) is 17.2. The Bertz CT molecular complexity index is 790. The van der Waals surface area contributed by atoms with Gasteiger partial charge >= 0.3 is 6.18 Å². The van der Waals surface area contributed by atoms with Crippen molar-refractivity contribution in [1.29, 1.82) is 0 Å². The third-order valence-corrected chi connectivity index (χ3v) is 4.11. The fourth-order valence-electron chi connectivity index (χ4n) is 1.98. The smallest absolute Gasteiger partial charge is 0.362 e. The second-order valence-corrected chi connectivity index (χ2v) is 6.41. The molecule has 2 rings (SSSR count). The summed E-state index contributed by atoms with van der Waals surface area (Å²) in [5.74, 6) is 0.0439. The van der Waals surface area contributed by atoms with E-state index in [4.69, 9.17) is 5.14 Å². The standard InChI is InChI=1S/C14H14F3N3O2S/c1-9(10-4-6-11(7-5-10)14(15,16)17)20-13-12(23(18,21)22)3-2-8-19-13/h2-9H,1H3,(H,19,20)(H2,18,21,22). The molecule has 1 unspecified atom stereocenters. The van der Waals surface area contributed by atoms with E-state index in [9.17, 15) is 21.6 Å². The first-order chi connectivity index (χ1) is 10.6. The molecule has 0 bridgehead atoms. The number of primary sulfonamides is 1. The fraction of sp³-hybridized carbons (Fsp3) is 0.214. The van der Waals surface area contributed by atoms with E-state index in [1.165, 1.54) is 30.5 Å². The van der Waals surface area contributed by atoms with Gasteiger partial charge in [0.25, 0.3) is 0 Å². The zero-order valence-electron chi connectivity index (χ0n) is 12.0. The van der Waals surface area contributed by atoms with E-state index in [0.29, 0.717) is 5.56 Å². The Hall–Kier alpha value is -2.13. The maximum absolute atomic E-state index is 12.5. The summed E-state index contributed by atoms with van der Waals surface area (Å²) in [6.45, 7) is 1.67. The van der Waals surface area contributed by atoms with Gasteiger partial charge in [-0.3, -0.25) is 0 Å². The molecule has 0 saturated carbocycles. The lowest BCUT2D eigenvalue weighted by molar-refractivity contribution is -0.137. The quantitative estimate of drug-likeness (QED) is 0.892. The highest BCUT2D eigenvalue weighted by molar-refractivity contribution is 7.89. The molecule has 5 nitrogen and oxygen atoms in total. The summed E-state index contributed by atoms with van der Waals surface area (Å²) in [6.07, 6.45) is -3.02. The van der Waals surface area contributed by atoms with Crippen molar-refractivity contribution in [1.82, 2.24) is 4.98 Å². The van der Waals surface area contributed by atoms with Crippen LogP contribution in [0.1, 0.15) is 24.1 Å². The van der Waals surface area contributed by atoms with Gasteiger partial charge in [-0.25, -0.2) is 18.5 Å². The number of nitrogens with zero attached hydrogens (tertiary/aromatic N) is 1. The summed E-state index contributed by atoms with van der Waals surface area (Å²) < 4.78 is 60.6. The second-order valence-electron chi connectivity index (χ2n) is 4.88. The molecule has 1 atom stereocenters. The number of anilines is 1. The number of hydrogen-bond acceptors (Lipinski definition) is 4. The average Bonchev–Trinajstić information content (AvgIpc) is 2.46. The minimum Gasteiger partial charge on any atom is -0.362 e. The molecule has 9 heteroatoms. The van der Waals surface area contributed by atoms with Crippen molar-refractivity contribution in [2.75, 3.05) is 5.32 Å². The Morgan fingerprint density at radius 1 is 1.17 bits per heavy atom. The maximum atomic E-state index is 12.5. The van der Waals surface area contributed by atoms with Crippen LogP contribution in [0.2, 0.25) is 0 Å². The van der Waals surface area contributed by atoms with Gasteiger partial charge in [0.05, 0.1) is 5.56 Å². The molecule has 0 spiro atoms. The minimum absolute atomic E-state index is 0.0439. The van der Waals surface area contributed by atoms with Crippen LogP contribution >= 0.6 is 0 Å². The van der Waals surface area contributed by atoms with Crippen molar-refractivity contribution in [3.05, 3.63) is 53.7 Å². The van der Waals surface area contributed by atoms with Crippen LogP contribution in [0.3, 0.4) is 0 Å². The van der Waals surface area contributed by atoms with Gasteiger partial charge in [0.15, 0.2) is 0 Å². The molecule has 2 aromatic rings. The first-order valence-corrected chi connectivity index (χ1v) is 8.05. The SMILES string of the molecule is CC(Nc1ncccc1S(N)(=O)=O)c1ccc(C(F)(F)F)cc1. The molecule has 0 radical (unpaired) electrons. The van der Waals surface area contributed by atoms with Gasteiger partial charge in [-0.05, 0) is 36.8 Å². The van der Waals surface area contributed by atoms with Crippen molar-refractivity contribution >= 4 is 15.8 Å². The number of rotatable bonds is 4. The van der Waals surface area contributed by atoms with Gasteiger partial charge in [-0.2, -0.15) is 13.2 Å². The number of sulfonamides is 1. The van der Waals surface area contributed by atoms with E-state index >= 15 is 0 Å². The Labute approximate surface area is 131 Å². The van der Waals surface area contributed by atoms with Crippen LogP contribution in [0.15, 0.2) is 47.5 Å². The lowest BCUT2D eigenvalue weighted by Gasteiger charge is -2.17. The molecule has 0 fully saturated rings. The number of aromatic nitrogens is 1. The van der Waals surface area contributed by atoms with Gasteiger partial charge < -0.3 is 5.32 Å². The molecule has 0 aliphatic rings. The van der Waals surface area contributed by atoms with E-state index in [-0.39, 0.29) is 10.7 Å². The van der Waals surface area contributed by atoms with Gasteiger partial charge in [0, 0.05) is 12.2 Å². The van der Waals surface area contributed by atoms with Gasteiger partial charge in [-0.1, -0.05) is 12.1 Å². The van der Waals surface area contributed by atoms with Gasteiger partial charge in [0.1, 0.15) is 10.7 Å². The van der Waals surface area contributed by atoms with E-state index in [1.807, 2.05) is 0 Å². The van der Waals surface area contributed by atoms with Gasteiger partial charge in [0.2, 0.25) is 10.0 Å². The van der Waals surface area contributed by atoms with Crippen molar-refractivity contribution in [3.63, 3.8) is 0 Å². The van der Waals surface area contributed by atoms with Crippen LogP contribution < -0.4 is 10.5 Å². The highest BCUT2D eigenvalue weighted by Crippen LogP contribution is 2.30. The van der Waals surface area contributed by atoms with Crippen LogP contribution in [0.4, 0.5) is 19.0 Å². The maximum Gasteiger partial charge on any atom is 0.416 e. The Morgan fingerprint density at radius 3 is 2.30 bits per heavy atom. The number of halogens is 3. The van der Waals surface area contributed by atoms with Crippen molar-refractivity contribution < 1.29 is 21.6 Å². The number of benzene rings is 1. The minimum atomic E-state index is -4.41. The summed E-state index contributed by atoms with van der Waals surface area (Å²) in [7, 11) is -3.96. The Morgan fingerprint density at radius 2 is 1.78 bits per heavy atom. The molecular weight excluding hydrogens is 331 g/mol. The number of alkyl halides is 3. The largest absolute Gasteiger partial charge is 0.416 e. The molecule has 1 aromatic carbocycles. The summed E-state index contributed by atoms with van der Waals surface area (Å²) in [5, 5.41) is 7.95. The Kier molecular flexibility index (Phi) is 4.62. The number of nitrogens with two attached hydrogens (primary N) is 1. The molecular formula is C14H14F3N3O2S. The average molecular weight is 345 g/mol. The van der Waals surface area contributed by atoms with E-state index < -0.39 is 27.8 Å². The molecule has 3 N–H and O–H groups in total. The third kappa shape index (κ3) is 4.20. The summed E-state index contributed by atoms with van der Waals surface area (Å²) in [5.41, 5.74) is -0.208. The van der Waals surface area contributed by atoms with Crippen LogP contribution in [-0.2, 0) is 16.2 Å². The van der Waals surface area contributed by atoms with E-state index in [2.05, 4.69) is 10.3 Å². The highest BCUT2D eigenvalue weighted by atomic mass is 32.2. The van der Waals surface area contributed by atoms with Crippen molar-refractivity contribution in [3.8, 4) is 0 Å². The molecule has 124 valence electrons. The summed E-state index contributed by atoms with van der Waals surface area (Å²) >= 11 is 0. The molecule has 0 aliphatic heterocycles.